The molecule has 5 heteroatoms. The van der Waals surface area contributed by atoms with Crippen molar-refractivity contribution in [3.8, 4) is 0 Å². The average molecular weight is 228 g/mol. The van der Waals surface area contributed by atoms with Crippen LogP contribution < -0.4 is 0 Å². The van der Waals surface area contributed by atoms with Gasteiger partial charge in [0.25, 0.3) is 0 Å². The van der Waals surface area contributed by atoms with Crippen molar-refractivity contribution in [1.82, 2.24) is 0 Å². The summed E-state index contributed by atoms with van der Waals surface area (Å²) in [6, 6.07) is 0. The highest BCUT2D eigenvalue weighted by Gasteiger charge is 2.25. The third kappa shape index (κ3) is 2.02. The van der Waals surface area contributed by atoms with Crippen LogP contribution >= 0.6 is 11.3 Å². The molecule has 1 aromatic heterocycles. The van der Waals surface area contributed by atoms with Crippen molar-refractivity contribution in [2.45, 2.75) is 13.8 Å². The van der Waals surface area contributed by atoms with Crippen molar-refractivity contribution >= 4 is 23.3 Å². The van der Waals surface area contributed by atoms with Crippen molar-refractivity contribution in [2.75, 3.05) is 14.2 Å². The van der Waals surface area contributed by atoms with Crippen LogP contribution in [0.25, 0.3) is 0 Å². The van der Waals surface area contributed by atoms with Crippen LogP contribution in [0.2, 0.25) is 0 Å². The first-order valence-electron chi connectivity index (χ1n) is 4.29. The van der Waals surface area contributed by atoms with Gasteiger partial charge in [0.1, 0.15) is 0 Å². The van der Waals surface area contributed by atoms with Gasteiger partial charge in [0.05, 0.1) is 25.3 Å². The molecular formula is C10H12O4S. The Bertz CT molecular complexity index is 369. The fourth-order valence-electron chi connectivity index (χ4n) is 1.38. The maximum absolute atomic E-state index is 11.5. The van der Waals surface area contributed by atoms with Gasteiger partial charge in [-0.05, 0) is 13.8 Å². The van der Waals surface area contributed by atoms with Crippen LogP contribution in [0, 0.1) is 13.8 Å². The number of carbonyl (C=O) groups excluding carboxylic acids is 2. The van der Waals surface area contributed by atoms with E-state index in [1.54, 1.807) is 13.8 Å². The lowest BCUT2D eigenvalue weighted by atomic mass is 10.1. The highest BCUT2D eigenvalue weighted by Crippen LogP contribution is 2.28. The van der Waals surface area contributed by atoms with Gasteiger partial charge in [-0.1, -0.05) is 0 Å². The Morgan fingerprint density at radius 3 is 1.53 bits per heavy atom. The zero-order valence-corrected chi connectivity index (χ0v) is 9.86. The van der Waals surface area contributed by atoms with Crippen LogP contribution in [-0.4, -0.2) is 26.2 Å². The van der Waals surface area contributed by atoms with Crippen LogP contribution in [0.1, 0.15) is 30.5 Å². The summed E-state index contributed by atoms with van der Waals surface area (Å²) in [5.41, 5.74) is 0.624. The molecule has 1 heterocycles. The molecule has 0 radical (unpaired) electrons. The third-order valence-corrected chi connectivity index (χ3v) is 3.06. The van der Waals surface area contributed by atoms with Crippen LogP contribution in [0.15, 0.2) is 0 Å². The number of carbonyl (C=O) groups is 2. The minimum Gasteiger partial charge on any atom is -0.465 e. The zero-order chi connectivity index (χ0) is 11.6. The highest BCUT2D eigenvalue weighted by molar-refractivity contribution is 7.12. The second kappa shape index (κ2) is 4.44. The molecule has 0 aliphatic carbocycles. The highest BCUT2D eigenvalue weighted by atomic mass is 32.1. The van der Waals surface area contributed by atoms with Gasteiger partial charge >= 0.3 is 11.9 Å². The summed E-state index contributed by atoms with van der Waals surface area (Å²) in [6.45, 7) is 3.55. The fourth-order valence-corrected chi connectivity index (χ4v) is 2.41. The van der Waals surface area contributed by atoms with E-state index in [1.807, 2.05) is 0 Å². The molecule has 0 unspecified atom stereocenters. The van der Waals surface area contributed by atoms with Crippen molar-refractivity contribution in [3.05, 3.63) is 20.9 Å². The van der Waals surface area contributed by atoms with Crippen LogP contribution in [0.5, 0.6) is 0 Å². The summed E-state index contributed by atoms with van der Waals surface area (Å²) in [6.07, 6.45) is 0. The molecule has 4 nitrogen and oxygen atoms in total. The van der Waals surface area contributed by atoms with Gasteiger partial charge in [0, 0.05) is 9.75 Å². The summed E-state index contributed by atoms with van der Waals surface area (Å²) in [5, 5.41) is 0. The van der Waals surface area contributed by atoms with E-state index in [4.69, 9.17) is 0 Å². The van der Waals surface area contributed by atoms with Gasteiger partial charge in [0.2, 0.25) is 0 Å². The molecule has 82 valence electrons. The van der Waals surface area contributed by atoms with Crippen LogP contribution in [-0.2, 0) is 9.47 Å². The molecule has 0 spiro atoms. The summed E-state index contributed by atoms with van der Waals surface area (Å²) in [7, 11) is 2.58. The Morgan fingerprint density at radius 1 is 0.933 bits per heavy atom. The van der Waals surface area contributed by atoms with E-state index in [-0.39, 0.29) is 0 Å². The van der Waals surface area contributed by atoms with Gasteiger partial charge in [-0.25, -0.2) is 9.59 Å². The minimum absolute atomic E-state index is 0.312. The fraction of sp³-hybridized carbons (Fsp3) is 0.400. The molecule has 1 aromatic rings. The average Bonchev–Trinajstić information content (AvgIpc) is 2.51. The third-order valence-electron chi connectivity index (χ3n) is 2.04. The summed E-state index contributed by atoms with van der Waals surface area (Å²) in [4.78, 5) is 24.5. The summed E-state index contributed by atoms with van der Waals surface area (Å²) < 4.78 is 9.25. The topological polar surface area (TPSA) is 52.6 Å². The Labute approximate surface area is 91.8 Å². The molecule has 0 atom stereocenters. The number of esters is 2. The lowest BCUT2D eigenvalue weighted by Gasteiger charge is -2.02. The quantitative estimate of drug-likeness (QED) is 0.726. The Hall–Kier alpha value is -1.36. The summed E-state index contributed by atoms with van der Waals surface area (Å²) >= 11 is 1.38. The SMILES string of the molecule is COC(=O)c1c(C)sc(C)c1C(=O)OC. The van der Waals surface area contributed by atoms with Crippen molar-refractivity contribution in [1.29, 1.82) is 0 Å². The standard InChI is InChI=1S/C10H12O4S/c1-5-7(9(11)13-3)8(6(2)15-5)10(12)14-4/h1-4H3. The molecule has 0 bridgehead atoms. The number of hydrogen-bond donors (Lipinski definition) is 0. The van der Waals surface area contributed by atoms with Crippen molar-refractivity contribution in [3.63, 3.8) is 0 Å². The molecule has 1 rings (SSSR count). The predicted octanol–water partition coefficient (Wildman–Crippen LogP) is 1.94. The Morgan fingerprint density at radius 2 is 1.27 bits per heavy atom. The van der Waals surface area contributed by atoms with E-state index in [2.05, 4.69) is 9.47 Å². The molecular weight excluding hydrogens is 216 g/mol. The molecule has 0 aliphatic rings. The number of ether oxygens (including phenoxy) is 2. The number of thiophene rings is 1. The molecule has 15 heavy (non-hydrogen) atoms. The van der Waals surface area contributed by atoms with Gasteiger partial charge in [-0.2, -0.15) is 0 Å². The largest absolute Gasteiger partial charge is 0.465 e. The molecule has 0 aliphatic heterocycles. The lowest BCUT2D eigenvalue weighted by Crippen LogP contribution is -2.11. The van der Waals surface area contributed by atoms with E-state index in [1.165, 1.54) is 25.6 Å². The van der Waals surface area contributed by atoms with Gasteiger partial charge in [0.15, 0.2) is 0 Å². The minimum atomic E-state index is -0.503. The molecule has 0 fully saturated rings. The van der Waals surface area contributed by atoms with Crippen molar-refractivity contribution in [2.24, 2.45) is 0 Å². The molecule has 0 saturated heterocycles. The second-order valence-corrected chi connectivity index (χ2v) is 4.38. The first-order valence-corrected chi connectivity index (χ1v) is 5.11. The van der Waals surface area contributed by atoms with E-state index in [0.717, 1.165) is 9.75 Å². The Kier molecular flexibility index (Phi) is 3.47. The van der Waals surface area contributed by atoms with Gasteiger partial charge < -0.3 is 9.47 Å². The Balaban J connectivity index is 3.35. The van der Waals surface area contributed by atoms with E-state index in [9.17, 15) is 9.59 Å². The van der Waals surface area contributed by atoms with E-state index in [0.29, 0.717) is 11.1 Å². The summed E-state index contributed by atoms with van der Waals surface area (Å²) in [5.74, 6) is -1.01. The first-order chi connectivity index (χ1) is 7.02. The van der Waals surface area contributed by atoms with E-state index >= 15 is 0 Å². The smallest absolute Gasteiger partial charge is 0.339 e. The van der Waals surface area contributed by atoms with Crippen LogP contribution in [0.4, 0.5) is 0 Å². The first kappa shape index (κ1) is 11.7. The maximum Gasteiger partial charge on any atom is 0.339 e. The van der Waals surface area contributed by atoms with Crippen molar-refractivity contribution < 1.29 is 19.1 Å². The molecule has 0 saturated carbocycles. The van der Waals surface area contributed by atoms with Crippen LogP contribution in [0.3, 0.4) is 0 Å². The molecule has 0 N–H and O–H groups in total. The number of hydrogen-bond acceptors (Lipinski definition) is 5. The zero-order valence-electron chi connectivity index (χ0n) is 9.04. The number of methoxy groups -OCH3 is 2. The molecule has 0 aromatic carbocycles. The van der Waals surface area contributed by atoms with Gasteiger partial charge in [-0.15, -0.1) is 11.3 Å². The second-order valence-electron chi connectivity index (χ2n) is 2.95. The number of aryl methyl sites for hydroxylation is 2. The molecule has 0 amide bonds. The number of rotatable bonds is 2. The normalized spacial score (nSPS) is 9.87. The monoisotopic (exact) mass is 228 g/mol. The lowest BCUT2D eigenvalue weighted by molar-refractivity contribution is 0.0555. The predicted molar refractivity (Wildman–Crippen MR) is 56.5 cm³/mol. The maximum atomic E-state index is 11.5. The van der Waals surface area contributed by atoms with Gasteiger partial charge in [-0.3, -0.25) is 0 Å². The van der Waals surface area contributed by atoms with E-state index < -0.39 is 11.9 Å².